The summed E-state index contributed by atoms with van der Waals surface area (Å²) in [7, 11) is 0. The molecule has 120 valence electrons. The van der Waals surface area contributed by atoms with E-state index in [1.807, 2.05) is 39.0 Å². The number of fused-ring (bicyclic) bond motifs is 1. The largest absolute Gasteiger partial charge is 0.482 e. The lowest BCUT2D eigenvalue weighted by Gasteiger charge is -2.18. The van der Waals surface area contributed by atoms with Gasteiger partial charge in [0.05, 0.1) is 6.04 Å². The van der Waals surface area contributed by atoms with Gasteiger partial charge in [-0.3, -0.25) is 4.79 Å². The second-order valence-electron chi connectivity index (χ2n) is 5.66. The first kappa shape index (κ1) is 15.2. The van der Waals surface area contributed by atoms with E-state index in [-0.39, 0.29) is 17.7 Å². The van der Waals surface area contributed by atoms with E-state index in [1.54, 1.807) is 10.7 Å². The molecule has 0 fully saturated rings. The second-order valence-corrected chi connectivity index (χ2v) is 5.66. The quantitative estimate of drug-likeness (QED) is 0.782. The molecule has 1 atom stereocenters. The summed E-state index contributed by atoms with van der Waals surface area (Å²) in [4.78, 5) is 14.1. The van der Waals surface area contributed by atoms with Crippen molar-refractivity contribution >= 4 is 10.9 Å². The van der Waals surface area contributed by atoms with Crippen molar-refractivity contribution in [1.29, 1.82) is 0 Å². The summed E-state index contributed by atoms with van der Waals surface area (Å²) in [5, 5.41) is 12.8. The zero-order chi connectivity index (χ0) is 16.4. The molecule has 0 radical (unpaired) electrons. The fourth-order valence-corrected chi connectivity index (χ4v) is 2.47. The Morgan fingerprint density at radius 2 is 2.09 bits per heavy atom. The van der Waals surface area contributed by atoms with Crippen molar-refractivity contribution in [2.45, 2.75) is 39.3 Å². The van der Waals surface area contributed by atoms with Crippen molar-refractivity contribution in [3.63, 3.8) is 0 Å². The Bertz CT molecular complexity index is 868. The van der Waals surface area contributed by atoms with E-state index in [0.717, 1.165) is 23.1 Å². The minimum absolute atomic E-state index is 0.117. The second kappa shape index (κ2) is 6.20. The van der Waals surface area contributed by atoms with Crippen LogP contribution in [0.25, 0.3) is 10.9 Å². The van der Waals surface area contributed by atoms with Crippen LogP contribution in [0.5, 0.6) is 5.75 Å². The average molecular weight is 313 g/mol. The van der Waals surface area contributed by atoms with Gasteiger partial charge in [-0.05, 0) is 55.0 Å². The van der Waals surface area contributed by atoms with Crippen molar-refractivity contribution in [2.75, 3.05) is 0 Å². The van der Waals surface area contributed by atoms with E-state index in [9.17, 15) is 4.79 Å². The number of tetrazole rings is 1. The van der Waals surface area contributed by atoms with Crippen molar-refractivity contribution in [2.24, 2.45) is 0 Å². The molecule has 0 aliphatic heterocycles. The van der Waals surface area contributed by atoms with Gasteiger partial charge in [0.15, 0.2) is 11.9 Å². The van der Waals surface area contributed by atoms with Crippen molar-refractivity contribution in [3.8, 4) is 5.75 Å². The van der Waals surface area contributed by atoms with Gasteiger partial charge in [0.25, 0.3) is 0 Å². The average Bonchev–Trinajstić information content (AvgIpc) is 3.02. The first-order valence-electron chi connectivity index (χ1n) is 7.66. The van der Waals surface area contributed by atoms with Gasteiger partial charge in [-0.15, -0.1) is 5.10 Å². The Balaban J connectivity index is 1.91. The lowest BCUT2D eigenvalue weighted by molar-refractivity contribution is 0.182. The van der Waals surface area contributed by atoms with Crippen LogP contribution in [0.15, 0.2) is 35.1 Å². The van der Waals surface area contributed by atoms with Gasteiger partial charge in [-0.1, -0.05) is 6.92 Å². The van der Waals surface area contributed by atoms with E-state index < -0.39 is 0 Å². The summed E-state index contributed by atoms with van der Waals surface area (Å²) in [6.07, 6.45) is 0.518. The van der Waals surface area contributed by atoms with E-state index in [4.69, 9.17) is 4.74 Å². The molecule has 1 unspecified atom stereocenters. The summed E-state index contributed by atoms with van der Waals surface area (Å²) in [5.74, 6) is 1.43. The van der Waals surface area contributed by atoms with E-state index in [2.05, 4.69) is 20.5 Å². The van der Waals surface area contributed by atoms with E-state index in [1.165, 1.54) is 6.07 Å². The van der Waals surface area contributed by atoms with Gasteiger partial charge in [0.1, 0.15) is 5.75 Å². The molecule has 2 heterocycles. The molecule has 0 saturated heterocycles. The number of hydrogen-bond donors (Lipinski definition) is 1. The number of pyridine rings is 1. The third-order valence-electron chi connectivity index (χ3n) is 3.64. The summed E-state index contributed by atoms with van der Waals surface area (Å²) in [5.41, 5.74) is 0.665. The maximum Gasteiger partial charge on any atom is 0.248 e. The summed E-state index contributed by atoms with van der Waals surface area (Å²) < 4.78 is 7.85. The molecule has 0 bridgehead atoms. The highest BCUT2D eigenvalue weighted by Crippen LogP contribution is 2.26. The molecule has 0 saturated carbocycles. The highest BCUT2D eigenvalue weighted by atomic mass is 16.5. The highest BCUT2D eigenvalue weighted by molar-refractivity contribution is 5.79. The third kappa shape index (κ3) is 3.08. The number of H-pyrrole nitrogens is 1. The number of aromatic nitrogens is 5. The van der Waals surface area contributed by atoms with Crippen LogP contribution in [0, 0.1) is 0 Å². The van der Waals surface area contributed by atoms with Crippen LogP contribution in [0.4, 0.5) is 0 Å². The highest BCUT2D eigenvalue weighted by Gasteiger charge is 2.20. The van der Waals surface area contributed by atoms with Crippen molar-refractivity contribution in [1.82, 2.24) is 25.2 Å². The molecule has 3 aromatic rings. The Kier molecular flexibility index (Phi) is 4.10. The molecule has 23 heavy (non-hydrogen) atoms. The molecule has 0 aliphatic carbocycles. The molecule has 1 N–H and O–H groups in total. The van der Waals surface area contributed by atoms with Gasteiger partial charge in [-0.2, -0.15) is 0 Å². The predicted octanol–water partition coefficient (Wildman–Crippen LogP) is 2.63. The number of nitrogens with one attached hydrogen (secondary N) is 1. The Labute approximate surface area is 133 Å². The molecular formula is C16H19N5O2. The molecule has 3 rings (SSSR count). The van der Waals surface area contributed by atoms with Gasteiger partial charge >= 0.3 is 0 Å². The van der Waals surface area contributed by atoms with Crippen LogP contribution in [0.2, 0.25) is 0 Å². The van der Waals surface area contributed by atoms with Gasteiger partial charge < -0.3 is 9.72 Å². The molecule has 0 aliphatic rings. The smallest absolute Gasteiger partial charge is 0.248 e. The Morgan fingerprint density at radius 1 is 1.26 bits per heavy atom. The van der Waals surface area contributed by atoms with Crippen LogP contribution >= 0.6 is 0 Å². The molecule has 0 spiro atoms. The molecule has 7 nitrogen and oxygen atoms in total. The summed E-state index contributed by atoms with van der Waals surface area (Å²) in [6.45, 7) is 6.08. The normalized spacial score (nSPS) is 12.7. The van der Waals surface area contributed by atoms with Crippen molar-refractivity contribution in [3.05, 3.63) is 46.5 Å². The Hall–Kier alpha value is -2.70. The monoisotopic (exact) mass is 313 g/mol. The number of hydrogen-bond acceptors (Lipinski definition) is 5. The molecule has 0 amide bonds. The first-order chi connectivity index (χ1) is 11.1. The van der Waals surface area contributed by atoms with E-state index in [0.29, 0.717) is 5.82 Å². The SMILES string of the molecule is CCC(Oc1ccc2[nH]c(=O)ccc2c1)c1nnnn1C(C)C. The lowest BCUT2D eigenvalue weighted by atomic mass is 10.2. The van der Waals surface area contributed by atoms with Crippen LogP contribution in [-0.4, -0.2) is 25.2 Å². The zero-order valence-corrected chi connectivity index (χ0v) is 13.4. The van der Waals surface area contributed by atoms with Crippen LogP contribution < -0.4 is 10.3 Å². The number of benzene rings is 1. The van der Waals surface area contributed by atoms with Crippen molar-refractivity contribution < 1.29 is 4.74 Å². The minimum atomic E-state index is -0.229. The standard InChI is InChI=1S/C16H19N5O2/c1-4-14(16-18-19-20-21(16)10(2)3)23-12-6-7-13-11(9-12)5-8-15(22)17-13/h5-10,14H,4H2,1-3H3,(H,17,22). The molecular weight excluding hydrogens is 294 g/mol. The van der Waals surface area contributed by atoms with Gasteiger partial charge in [0.2, 0.25) is 5.56 Å². The van der Waals surface area contributed by atoms with E-state index >= 15 is 0 Å². The maximum absolute atomic E-state index is 11.3. The molecule has 2 aromatic heterocycles. The fraction of sp³-hybridized carbons (Fsp3) is 0.375. The van der Waals surface area contributed by atoms with Gasteiger partial charge in [0, 0.05) is 17.0 Å². The van der Waals surface area contributed by atoms with Gasteiger partial charge in [-0.25, -0.2) is 4.68 Å². The zero-order valence-electron chi connectivity index (χ0n) is 13.4. The number of ether oxygens (including phenoxy) is 1. The lowest BCUT2D eigenvalue weighted by Crippen LogP contribution is -2.16. The number of aromatic amines is 1. The predicted molar refractivity (Wildman–Crippen MR) is 86.4 cm³/mol. The molecule has 1 aromatic carbocycles. The maximum atomic E-state index is 11.3. The van der Waals surface area contributed by atoms with Crippen LogP contribution in [-0.2, 0) is 0 Å². The number of nitrogens with zero attached hydrogens (tertiary/aromatic N) is 4. The third-order valence-corrected chi connectivity index (χ3v) is 3.64. The fourth-order valence-electron chi connectivity index (χ4n) is 2.47. The summed E-state index contributed by atoms with van der Waals surface area (Å²) >= 11 is 0. The minimum Gasteiger partial charge on any atom is -0.482 e. The topological polar surface area (TPSA) is 85.7 Å². The first-order valence-corrected chi connectivity index (χ1v) is 7.66. The van der Waals surface area contributed by atoms with Crippen LogP contribution in [0.3, 0.4) is 0 Å². The van der Waals surface area contributed by atoms with Crippen LogP contribution in [0.1, 0.15) is 45.2 Å². The number of rotatable bonds is 5. The Morgan fingerprint density at radius 3 is 2.83 bits per heavy atom. The molecule has 7 heteroatoms. The summed E-state index contributed by atoms with van der Waals surface area (Å²) in [6, 6.07) is 9.02.